The first kappa shape index (κ1) is 23.5. The second-order valence-electron chi connectivity index (χ2n) is 7.84. The third-order valence-electron chi connectivity index (χ3n) is 5.47. The van der Waals surface area contributed by atoms with Gasteiger partial charge < -0.3 is 14.8 Å². The third-order valence-corrected chi connectivity index (χ3v) is 6.72. The Balaban J connectivity index is 1.53. The van der Waals surface area contributed by atoms with Crippen molar-refractivity contribution < 1.29 is 27.5 Å². The van der Waals surface area contributed by atoms with Crippen LogP contribution in [0.25, 0.3) is 0 Å². The van der Waals surface area contributed by atoms with E-state index < -0.39 is 22.3 Å². The molecule has 1 aliphatic heterocycles. The van der Waals surface area contributed by atoms with Gasteiger partial charge in [-0.3, -0.25) is 0 Å². The number of hydrogen-bond donors (Lipinski definition) is 2. The largest absolute Gasteiger partial charge is 0.456 e. The van der Waals surface area contributed by atoms with Gasteiger partial charge in [-0.15, -0.1) is 0 Å². The summed E-state index contributed by atoms with van der Waals surface area (Å²) < 4.78 is 39.1. The van der Waals surface area contributed by atoms with Crippen molar-refractivity contribution in [2.45, 2.75) is 25.6 Å². The van der Waals surface area contributed by atoms with Crippen LogP contribution in [0, 0.1) is 0 Å². The van der Waals surface area contributed by atoms with Gasteiger partial charge in [-0.25, -0.2) is 18.3 Å². The highest BCUT2D eigenvalue weighted by atomic mass is 32.2. The van der Waals surface area contributed by atoms with Crippen LogP contribution in [0.15, 0.2) is 72.9 Å². The Kier molecular flexibility index (Phi) is 7.29. The predicted molar refractivity (Wildman–Crippen MR) is 124 cm³/mol. The summed E-state index contributed by atoms with van der Waals surface area (Å²) in [5, 5.41) is 3.21. The second kappa shape index (κ2) is 10.5. The molecule has 0 saturated carbocycles. The number of carbonyl (C=O) groups is 2. The lowest BCUT2D eigenvalue weighted by Gasteiger charge is -2.15. The van der Waals surface area contributed by atoms with E-state index in [1.165, 1.54) is 6.20 Å². The highest BCUT2D eigenvalue weighted by Crippen LogP contribution is 2.28. The van der Waals surface area contributed by atoms with Crippen molar-refractivity contribution in [3.63, 3.8) is 0 Å². The molecule has 10 heteroatoms. The fourth-order valence-corrected chi connectivity index (χ4v) is 4.79. The molecule has 178 valence electrons. The van der Waals surface area contributed by atoms with Crippen LogP contribution < -0.4 is 10.0 Å². The van der Waals surface area contributed by atoms with Crippen LogP contribution in [0.3, 0.4) is 0 Å². The molecule has 0 aliphatic carbocycles. The minimum atomic E-state index is -4.46. The van der Waals surface area contributed by atoms with E-state index in [1.807, 2.05) is 29.0 Å². The fraction of sp³-hybridized carbons (Fsp3) is 0.250. The monoisotopic (exact) mass is 483 g/mol. The highest BCUT2D eigenvalue weighted by Gasteiger charge is 2.31. The van der Waals surface area contributed by atoms with Gasteiger partial charge in [0.25, 0.3) is 0 Å². The average Bonchev–Trinajstić information content (AvgIpc) is 3.53. The van der Waals surface area contributed by atoms with Gasteiger partial charge in [-0.05, 0) is 41.6 Å². The van der Waals surface area contributed by atoms with Crippen LogP contribution in [0.1, 0.15) is 39.5 Å². The normalized spacial score (nSPS) is 15.6. The van der Waals surface area contributed by atoms with Crippen LogP contribution in [0.5, 0.6) is 0 Å². The predicted octanol–water partition coefficient (Wildman–Crippen LogP) is 2.94. The fourth-order valence-electron chi connectivity index (χ4n) is 3.78. The molecule has 0 spiro atoms. The van der Waals surface area contributed by atoms with Crippen molar-refractivity contribution in [3.8, 4) is 0 Å². The van der Waals surface area contributed by atoms with Crippen LogP contribution in [-0.4, -0.2) is 37.5 Å². The average molecular weight is 484 g/mol. The first-order valence-corrected chi connectivity index (χ1v) is 12.2. The van der Waals surface area contributed by atoms with E-state index in [4.69, 9.17) is 9.47 Å². The van der Waals surface area contributed by atoms with Gasteiger partial charge in [0, 0.05) is 12.7 Å². The van der Waals surface area contributed by atoms with Crippen molar-refractivity contribution >= 4 is 22.3 Å². The number of carbonyl (C=O) groups excluding carboxylic acids is 2. The molecule has 1 unspecified atom stereocenters. The zero-order valence-corrected chi connectivity index (χ0v) is 19.2. The van der Waals surface area contributed by atoms with E-state index in [-0.39, 0.29) is 24.8 Å². The molecule has 34 heavy (non-hydrogen) atoms. The third kappa shape index (κ3) is 5.64. The molecule has 1 atom stereocenters. The number of hydrogen-bond acceptors (Lipinski definition) is 7. The molecule has 9 nitrogen and oxygen atoms in total. The number of benzene rings is 2. The molecular formula is C24H25N3O6S. The Labute approximate surface area is 197 Å². The standard InChI is InChI=1S/C24H25N3O6S/c28-23(32-16-18-7-3-1-4-8-18)22-21(20-11-13-25-15-20)12-14-27(22)34(30,31)26-24(29)33-17-19-9-5-2-6-10-19/h1-10,12,14,20,25H,11,13,15-17H2,(H,26,29). The van der Waals surface area contributed by atoms with Gasteiger partial charge in [0.1, 0.15) is 18.9 Å². The maximum atomic E-state index is 13.0. The van der Waals surface area contributed by atoms with Crippen LogP contribution >= 0.6 is 0 Å². The second-order valence-corrected chi connectivity index (χ2v) is 9.38. The Bertz CT molecular complexity index is 1240. The van der Waals surface area contributed by atoms with Crippen molar-refractivity contribution in [1.82, 2.24) is 14.0 Å². The molecule has 1 amide bonds. The van der Waals surface area contributed by atoms with E-state index in [0.29, 0.717) is 17.7 Å². The van der Waals surface area contributed by atoms with Gasteiger partial charge in [-0.1, -0.05) is 60.7 Å². The number of esters is 1. The molecule has 0 radical (unpaired) electrons. The number of ether oxygens (including phenoxy) is 2. The lowest BCUT2D eigenvalue weighted by molar-refractivity contribution is 0.0462. The van der Waals surface area contributed by atoms with Crippen molar-refractivity contribution in [2.24, 2.45) is 0 Å². The summed E-state index contributed by atoms with van der Waals surface area (Å²) in [6.07, 6.45) is 0.847. The van der Waals surface area contributed by atoms with Crippen molar-refractivity contribution in [3.05, 3.63) is 95.3 Å². The minimum Gasteiger partial charge on any atom is -0.456 e. The molecule has 2 N–H and O–H groups in total. The molecule has 1 fully saturated rings. The Hall–Kier alpha value is -3.63. The molecule has 4 rings (SSSR count). The van der Waals surface area contributed by atoms with Gasteiger partial charge >= 0.3 is 22.3 Å². The van der Waals surface area contributed by atoms with E-state index in [1.54, 1.807) is 42.5 Å². The summed E-state index contributed by atoms with van der Waals surface area (Å²) in [7, 11) is -4.46. The van der Waals surface area contributed by atoms with Gasteiger partial charge in [-0.2, -0.15) is 8.42 Å². The van der Waals surface area contributed by atoms with E-state index in [9.17, 15) is 18.0 Å². The first-order valence-electron chi connectivity index (χ1n) is 10.8. The summed E-state index contributed by atoms with van der Waals surface area (Å²) in [6.45, 7) is 1.25. The molecule has 2 aromatic carbocycles. The summed E-state index contributed by atoms with van der Waals surface area (Å²) in [5.41, 5.74) is 1.89. The topological polar surface area (TPSA) is 116 Å². The molecular weight excluding hydrogens is 458 g/mol. The molecule has 3 aromatic rings. The molecule has 1 aromatic heterocycles. The number of nitrogens with zero attached hydrogens (tertiary/aromatic N) is 1. The maximum absolute atomic E-state index is 13.0. The van der Waals surface area contributed by atoms with E-state index >= 15 is 0 Å². The summed E-state index contributed by atoms with van der Waals surface area (Å²) in [5.74, 6) is -0.848. The first-order chi connectivity index (χ1) is 16.4. The van der Waals surface area contributed by atoms with Gasteiger partial charge in [0.15, 0.2) is 0 Å². The molecule has 2 heterocycles. The van der Waals surface area contributed by atoms with Crippen molar-refractivity contribution in [1.29, 1.82) is 0 Å². The number of aromatic nitrogens is 1. The maximum Gasteiger partial charge on any atom is 0.422 e. The van der Waals surface area contributed by atoms with Gasteiger partial charge in [0.2, 0.25) is 0 Å². The van der Waals surface area contributed by atoms with Crippen molar-refractivity contribution in [2.75, 3.05) is 13.1 Å². The van der Waals surface area contributed by atoms with Gasteiger partial charge in [0.05, 0.1) is 0 Å². The Morgan fingerprint density at radius 1 is 0.941 bits per heavy atom. The quantitative estimate of drug-likeness (QED) is 0.473. The molecule has 0 bridgehead atoms. The Morgan fingerprint density at radius 3 is 2.15 bits per heavy atom. The summed E-state index contributed by atoms with van der Waals surface area (Å²) in [6, 6.07) is 19.5. The van der Waals surface area contributed by atoms with Crippen LogP contribution in [0.4, 0.5) is 4.79 Å². The molecule has 1 saturated heterocycles. The number of amides is 1. The number of nitrogens with one attached hydrogen (secondary N) is 2. The van der Waals surface area contributed by atoms with Crippen LogP contribution in [-0.2, 0) is 32.9 Å². The summed E-state index contributed by atoms with van der Waals surface area (Å²) in [4.78, 5) is 25.3. The summed E-state index contributed by atoms with van der Waals surface area (Å²) >= 11 is 0. The highest BCUT2D eigenvalue weighted by molar-refractivity contribution is 7.88. The minimum absolute atomic E-state index is 0.0141. The lowest BCUT2D eigenvalue weighted by Crippen LogP contribution is -2.37. The number of rotatable bonds is 8. The lowest BCUT2D eigenvalue weighted by atomic mass is 9.99. The Morgan fingerprint density at radius 2 is 1.56 bits per heavy atom. The SMILES string of the molecule is O=C(NS(=O)(=O)n1ccc(C2CCNC2)c1C(=O)OCc1ccccc1)OCc1ccccc1. The van der Waals surface area contributed by atoms with Crippen LogP contribution in [0.2, 0.25) is 0 Å². The zero-order chi connectivity index (χ0) is 24.0. The van der Waals surface area contributed by atoms with E-state index in [0.717, 1.165) is 22.5 Å². The smallest absolute Gasteiger partial charge is 0.422 e. The van der Waals surface area contributed by atoms with E-state index in [2.05, 4.69) is 5.32 Å². The zero-order valence-electron chi connectivity index (χ0n) is 18.3. The molecule has 1 aliphatic rings.